The summed E-state index contributed by atoms with van der Waals surface area (Å²) >= 11 is 0. The monoisotopic (exact) mass is 542 g/mol. The second kappa shape index (κ2) is 14.3. The predicted octanol–water partition coefficient (Wildman–Crippen LogP) is 6.06. The van der Waals surface area contributed by atoms with Crippen LogP contribution in [0.5, 0.6) is 0 Å². The van der Waals surface area contributed by atoms with E-state index in [1.807, 2.05) is 47.9 Å². The van der Waals surface area contributed by atoms with Crippen LogP contribution in [0.2, 0.25) is 0 Å². The van der Waals surface area contributed by atoms with Crippen molar-refractivity contribution in [2.75, 3.05) is 45.8 Å². The van der Waals surface area contributed by atoms with Crippen molar-refractivity contribution >= 4 is 33.4 Å². The molecule has 1 N–H and O–H groups in total. The minimum absolute atomic E-state index is 0.128. The maximum absolute atomic E-state index is 13.8. The van der Waals surface area contributed by atoms with Crippen molar-refractivity contribution in [1.29, 1.82) is 0 Å². The molecule has 6 heteroatoms. The first-order valence-electron chi connectivity index (χ1n) is 15.2. The van der Waals surface area contributed by atoms with Gasteiger partial charge in [-0.15, -0.1) is 0 Å². The fraction of sp³-hybridized carbons (Fsp3) is 0.471. The molecule has 2 aliphatic rings. The van der Waals surface area contributed by atoms with Gasteiger partial charge >= 0.3 is 0 Å². The van der Waals surface area contributed by atoms with Crippen LogP contribution in [0.25, 0.3) is 21.5 Å². The van der Waals surface area contributed by atoms with Gasteiger partial charge < -0.3 is 20.0 Å². The van der Waals surface area contributed by atoms with Crippen LogP contribution in [0.15, 0.2) is 66.4 Å². The first-order valence-corrected chi connectivity index (χ1v) is 15.2. The van der Waals surface area contributed by atoms with E-state index >= 15 is 0 Å². The fourth-order valence-electron chi connectivity index (χ4n) is 6.00. The number of hydrogen-bond acceptors (Lipinski definition) is 4. The molecule has 6 nitrogen and oxygen atoms in total. The molecule has 2 amide bonds. The highest BCUT2D eigenvalue weighted by molar-refractivity contribution is 6.18. The minimum Gasteiger partial charge on any atom is -0.374 e. The van der Waals surface area contributed by atoms with Gasteiger partial charge in [0.15, 0.2) is 0 Å². The Morgan fingerprint density at radius 3 is 1.95 bits per heavy atom. The second-order valence-electron chi connectivity index (χ2n) is 10.6. The standard InChI is InChI=1S/C30H35N3O2.C4H11N/c1-3-31(4-2)29(34)24-12-9-17-33(21-24)25-15-18-32(19-16-25)30(35)28-26-13-7-5-10-22(26)20-23-11-6-8-14-27(23)28;1-3-5-4-2/h5-8,10-11,13-14,20-21,25H,3-4,9,12,15-19H2,1-2H3;5H,3-4H2,1-2H3. The molecular formula is C34H46N4O2. The van der Waals surface area contributed by atoms with E-state index in [9.17, 15) is 9.59 Å². The molecule has 40 heavy (non-hydrogen) atoms. The third-order valence-corrected chi connectivity index (χ3v) is 8.22. The summed E-state index contributed by atoms with van der Waals surface area (Å²) in [7, 11) is 0. The smallest absolute Gasteiger partial charge is 0.255 e. The van der Waals surface area contributed by atoms with Crippen molar-refractivity contribution < 1.29 is 9.59 Å². The summed E-state index contributed by atoms with van der Waals surface area (Å²) in [6.07, 6.45) is 5.84. The number of piperidine rings is 1. The Morgan fingerprint density at radius 2 is 1.43 bits per heavy atom. The topological polar surface area (TPSA) is 55.9 Å². The van der Waals surface area contributed by atoms with Crippen molar-refractivity contribution in [1.82, 2.24) is 20.0 Å². The summed E-state index contributed by atoms with van der Waals surface area (Å²) in [4.78, 5) is 33.0. The van der Waals surface area contributed by atoms with Gasteiger partial charge in [0.1, 0.15) is 0 Å². The van der Waals surface area contributed by atoms with E-state index < -0.39 is 0 Å². The number of carbonyl (C=O) groups excluding carboxylic acids is 2. The number of benzene rings is 3. The summed E-state index contributed by atoms with van der Waals surface area (Å²) in [6.45, 7) is 14.4. The zero-order valence-corrected chi connectivity index (χ0v) is 24.8. The van der Waals surface area contributed by atoms with Crippen LogP contribution in [0.3, 0.4) is 0 Å². The lowest BCUT2D eigenvalue weighted by Gasteiger charge is -2.40. The van der Waals surface area contributed by atoms with Crippen LogP contribution < -0.4 is 5.32 Å². The van der Waals surface area contributed by atoms with Gasteiger partial charge in [-0.2, -0.15) is 0 Å². The Hall–Kier alpha value is -3.38. The third kappa shape index (κ3) is 6.67. The Balaban J connectivity index is 0.000000681. The number of hydrogen-bond donors (Lipinski definition) is 1. The van der Waals surface area contributed by atoms with E-state index in [4.69, 9.17) is 0 Å². The number of carbonyl (C=O) groups is 2. The number of amides is 2. The molecule has 0 saturated carbocycles. The highest BCUT2D eigenvalue weighted by atomic mass is 16.2. The molecule has 1 saturated heterocycles. The first-order chi connectivity index (χ1) is 19.5. The van der Waals surface area contributed by atoms with Crippen LogP contribution in [-0.2, 0) is 4.79 Å². The zero-order valence-electron chi connectivity index (χ0n) is 24.8. The molecule has 0 unspecified atom stereocenters. The molecule has 2 aliphatic heterocycles. The lowest BCUT2D eigenvalue weighted by atomic mass is 9.94. The highest BCUT2D eigenvalue weighted by Crippen LogP contribution is 2.31. The highest BCUT2D eigenvalue weighted by Gasteiger charge is 2.30. The van der Waals surface area contributed by atoms with Crippen molar-refractivity contribution in [3.05, 3.63) is 71.9 Å². The first kappa shape index (κ1) is 29.6. The third-order valence-electron chi connectivity index (χ3n) is 8.22. The summed E-state index contributed by atoms with van der Waals surface area (Å²) < 4.78 is 0. The molecule has 0 atom stereocenters. The van der Waals surface area contributed by atoms with Gasteiger partial charge in [-0.1, -0.05) is 62.4 Å². The molecule has 0 radical (unpaired) electrons. The van der Waals surface area contributed by atoms with Gasteiger partial charge in [0, 0.05) is 50.5 Å². The maximum atomic E-state index is 13.8. The van der Waals surface area contributed by atoms with Crippen LogP contribution in [0.4, 0.5) is 0 Å². The van der Waals surface area contributed by atoms with E-state index in [-0.39, 0.29) is 11.8 Å². The Morgan fingerprint density at radius 1 is 0.850 bits per heavy atom. The second-order valence-corrected chi connectivity index (χ2v) is 10.6. The lowest BCUT2D eigenvalue weighted by Crippen LogP contribution is -2.46. The Kier molecular flexibility index (Phi) is 10.6. The van der Waals surface area contributed by atoms with Crippen molar-refractivity contribution in [3.8, 4) is 0 Å². The SMILES string of the molecule is CCN(CC)C(=O)C1=CN(C2CCN(C(=O)c3c4ccccc4cc4ccccc34)CC2)CCC1.CCNCC. The normalized spacial score (nSPS) is 15.9. The summed E-state index contributed by atoms with van der Waals surface area (Å²) in [5.41, 5.74) is 1.75. The van der Waals surface area contributed by atoms with Crippen molar-refractivity contribution in [2.24, 2.45) is 0 Å². The van der Waals surface area contributed by atoms with E-state index in [0.29, 0.717) is 6.04 Å². The lowest BCUT2D eigenvalue weighted by molar-refractivity contribution is -0.127. The van der Waals surface area contributed by atoms with Gasteiger partial charge in [0.05, 0.1) is 5.56 Å². The molecule has 2 heterocycles. The van der Waals surface area contributed by atoms with Gasteiger partial charge in [-0.3, -0.25) is 9.59 Å². The Labute approximate surface area is 240 Å². The van der Waals surface area contributed by atoms with Crippen LogP contribution in [0, 0.1) is 0 Å². The fourth-order valence-corrected chi connectivity index (χ4v) is 6.00. The Bertz CT molecular complexity index is 1270. The largest absolute Gasteiger partial charge is 0.374 e. The molecule has 1 fully saturated rings. The van der Waals surface area contributed by atoms with E-state index in [2.05, 4.69) is 60.6 Å². The molecule has 5 rings (SSSR count). The predicted molar refractivity (Wildman–Crippen MR) is 167 cm³/mol. The minimum atomic E-state index is 0.128. The maximum Gasteiger partial charge on any atom is 0.255 e. The number of likely N-dealkylation sites (tertiary alicyclic amines) is 1. The van der Waals surface area contributed by atoms with E-state index in [0.717, 1.165) is 104 Å². The van der Waals surface area contributed by atoms with Gasteiger partial charge in [-0.05, 0) is 80.2 Å². The molecule has 0 aromatic heterocycles. The molecule has 3 aromatic carbocycles. The quantitative estimate of drug-likeness (QED) is 0.369. The molecule has 0 bridgehead atoms. The van der Waals surface area contributed by atoms with Gasteiger partial charge in [-0.25, -0.2) is 0 Å². The van der Waals surface area contributed by atoms with Crippen LogP contribution in [-0.4, -0.2) is 78.4 Å². The van der Waals surface area contributed by atoms with Gasteiger partial charge in [0.2, 0.25) is 0 Å². The molecule has 0 aliphatic carbocycles. The zero-order chi connectivity index (χ0) is 28.5. The number of nitrogens with one attached hydrogen (secondary N) is 1. The van der Waals surface area contributed by atoms with Gasteiger partial charge in [0.25, 0.3) is 11.8 Å². The molecular weight excluding hydrogens is 496 g/mol. The summed E-state index contributed by atoms with van der Waals surface area (Å²) in [5.74, 6) is 0.304. The molecule has 0 spiro atoms. The number of likely N-dealkylation sites (N-methyl/N-ethyl adjacent to an activating group) is 1. The van der Waals surface area contributed by atoms with Crippen molar-refractivity contribution in [3.63, 3.8) is 0 Å². The van der Waals surface area contributed by atoms with E-state index in [1.165, 1.54) is 0 Å². The van der Waals surface area contributed by atoms with Crippen LogP contribution >= 0.6 is 0 Å². The molecule has 214 valence electrons. The number of rotatable bonds is 7. The van der Waals surface area contributed by atoms with E-state index in [1.54, 1.807) is 0 Å². The summed E-state index contributed by atoms with van der Waals surface area (Å²) in [5, 5.41) is 7.37. The van der Waals surface area contributed by atoms with Crippen LogP contribution in [0.1, 0.15) is 63.7 Å². The summed E-state index contributed by atoms with van der Waals surface area (Å²) in [6, 6.07) is 18.9. The number of fused-ring (bicyclic) bond motifs is 2. The number of nitrogens with zero attached hydrogens (tertiary/aromatic N) is 3. The molecule has 3 aromatic rings. The average molecular weight is 543 g/mol. The average Bonchev–Trinajstić information content (AvgIpc) is 3.01. The van der Waals surface area contributed by atoms with Crippen molar-refractivity contribution in [2.45, 2.75) is 59.4 Å².